The Hall–Kier alpha value is -0.170. The number of aliphatic hydroxyl groups excluding tert-OH is 1. The van der Waals surface area contributed by atoms with Gasteiger partial charge in [-0.1, -0.05) is 0 Å². The number of aliphatic hydroxyl groups is 1. The maximum Gasteiger partial charge on any atom is 0.159 e. The molecule has 0 amide bonds. The fourth-order valence-electron chi connectivity index (χ4n) is 0.276. The van der Waals surface area contributed by atoms with Crippen LogP contribution in [0.2, 0.25) is 0 Å². The average Bonchev–Trinajstić information content (AvgIpc) is 1.63. The number of rotatable bonds is 4. The summed E-state index contributed by atoms with van der Waals surface area (Å²) in [6, 6.07) is 0. The average molecular weight is 154 g/mol. The third-order valence-electron chi connectivity index (χ3n) is 0.614. The minimum Gasteiger partial charge on any atom is -0.735 e. The van der Waals surface area contributed by atoms with E-state index in [0.717, 1.165) is 0 Å². The van der Waals surface area contributed by atoms with E-state index in [-0.39, 0.29) is 19.6 Å². The van der Waals surface area contributed by atoms with Gasteiger partial charge in [-0.25, -0.2) is 13.1 Å². The van der Waals surface area contributed by atoms with Crippen LogP contribution in [-0.2, 0) is 10.3 Å². The lowest BCUT2D eigenvalue weighted by atomic mass is 10.5. The van der Waals surface area contributed by atoms with Gasteiger partial charge in [0.2, 0.25) is 0 Å². The Morgan fingerprint density at radius 1 is 1.56 bits per heavy atom. The molecule has 0 aromatic rings. The molecule has 0 spiro atoms. The molecule has 2 N–H and O–H groups in total. The van der Waals surface area contributed by atoms with Gasteiger partial charge in [0.15, 0.2) is 10.3 Å². The zero-order valence-corrected chi connectivity index (χ0v) is 5.52. The molecule has 0 bridgehead atoms. The van der Waals surface area contributed by atoms with E-state index in [2.05, 4.69) is 0 Å². The summed E-state index contributed by atoms with van der Waals surface area (Å²) < 4.78 is 31.0. The van der Waals surface area contributed by atoms with Gasteiger partial charge in [0.1, 0.15) is 0 Å². The highest BCUT2D eigenvalue weighted by molar-refractivity contribution is 7.83. The Labute approximate surface area is 53.6 Å². The maximum atomic E-state index is 9.76. The molecule has 9 heavy (non-hydrogen) atoms. The number of nitrogens with one attached hydrogen (secondary N) is 1. The summed E-state index contributed by atoms with van der Waals surface area (Å²) in [6.07, 6.45) is 0.265. The first-order valence-corrected chi connectivity index (χ1v) is 3.78. The van der Waals surface area contributed by atoms with Crippen LogP contribution in [0.4, 0.5) is 0 Å². The van der Waals surface area contributed by atoms with Gasteiger partial charge in [-0.2, -0.15) is 0 Å². The fraction of sp³-hybridized carbons (Fsp3) is 1.00. The summed E-state index contributed by atoms with van der Waals surface area (Å²) in [4.78, 5) is 0. The first-order valence-electron chi connectivity index (χ1n) is 2.37. The molecule has 0 aliphatic heterocycles. The lowest BCUT2D eigenvalue weighted by Gasteiger charge is -2.06. The second-order valence-electron chi connectivity index (χ2n) is 1.43. The number of hydrogen-bond acceptors (Lipinski definition) is 4. The molecule has 0 saturated heterocycles. The first-order chi connectivity index (χ1) is 4.06. The molecule has 0 aliphatic carbocycles. The van der Waals surface area contributed by atoms with Crippen LogP contribution in [0.5, 0.6) is 0 Å². The predicted molar refractivity (Wildman–Crippen MR) is 29.4 cm³/mol. The monoisotopic (exact) mass is 154 g/mol. The molecule has 5 nitrogen and oxygen atoms in total. The van der Waals surface area contributed by atoms with Gasteiger partial charge >= 0.3 is 0 Å². The Kier molecular flexibility index (Phi) is 3.71. The van der Waals surface area contributed by atoms with Crippen LogP contribution in [0.15, 0.2) is 0 Å². The van der Waals surface area contributed by atoms with Crippen molar-refractivity contribution in [2.75, 3.05) is 13.2 Å². The Morgan fingerprint density at radius 2 is 2.11 bits per heavy atom. The van der Waals surface area contributed by atoms with Gasteiger partial charge in [0.25, 0.3) is 0 Å². The SMILES string of the molecule is O=S(=O)([O-])NCCCO. The largest absolute Gasteiger partial charge is 0.735 e. The summed E-state index contributed by atoms with van der Waals surface area (Å²) in [5, 5.41) is 8.13. The van der Waals surface area contributed by atoms with E-state index in [1.807, 2.05) is 0 Å². The van der Waals surface area contributed by atoms with Gasteiger partial charge in [-0.15, -0.1) is 0 Å². The van der Waals surface area contributed by atoms with E-state index in [1.165, 1.54) is 0 Å². The van der Waals surface area contributed by atoms with Gasteiger partial charge in [0, 0.05) is 13.2 Å². The molecular formula is C3H8NO4S-. The van der Waals surface area contributed by atoms with Crippen LogP contribution in [-0.4, -0.2) is 31.2 Å². The van der Waals surface area contributed by atoms with E-state index in [9.17, 15) is 13.0 Å². The fourth-order valence-corrected chi connectivity index (χ4v) is 0.671. The van der Waals surface area contributed by atoms with Gasteiger partial charge < -0.3 is 9.66 Å². The lowest BCUT2D eigenvalue weighted by Crippen LogP contribution is -2.24. The highest BCUT2D eigenvalue weighted by atomic mass is 32.2. The summed E-state index contributed by atoms with van der Waals surface area (Å²) in [6.45, 7) is -0.120. The highest BCUT2D eigenvalue weighted by Gasteiger charge is 1.89. The molecule has 0 aromatic carbocycles. The van der Waals surface area contributed by atoms with Crippen molar-refractivity contribution in [3.63, 3.8) is 0 Å². The van der Waals surface area contributed by atoms with Gasteiger partial charge in [0.05, 0.1) is 0 Å². The van der Waals surface area contributed by atoms with Crippen molar-refractivity contribution in [2.45, 2.75) is 6.42 Å². The van der Waals surface area contributed by atoms with E-state index in [4.69, 9.17) is 5.11 Å². The summed E-state index contributed by atoms with van der Waals surface area (Å²) in [7, 11) is -4.31. The van der Waals surface area contributed by atoms with Crippen LogP contribution >= 0.6 is 0 Å². The van der Waals surface area contributed by atoms with Crippen molar-refractivity contribution >= 4 is 10.3 Å². The van der Waals surface area contributed by atoms with Crippen LogP contribution in [0.3, 0.4) is 0 Å². The summed E-state index contributed by atoms with van der Waals surface area (Å²) >= 11 is 0. The van der Waals surface area contributed by atoms with Crippen LogP contribution in [0.1, 0.15) is 6.42 Å². The topological polar surface area (TPSA) is 89.5 Å². The Morgan fingerprint density at radius 3 is 2.44 bits per heavy atom. The van der Waals surface area contributed by atoms with E-state index in [1.54, 1.807) is 4.72 Å². The van der Waals surface area contributed by atoms with Crippen molar-refractivity contribution in [3.8, 4) is 0 Å². The van der Waals surface area contributed by atoms with Gasteiger partial charge in [-0.05, 0) is 6.42 Å². The van der Waals surface area contributed by atoms with Crippen molar-refractivity contribution in [1.29, 1.82) is 0 Å². The minimum atomic E-state index is -4.31. The third-order valence-corrected chi connectivity index (χ3v) is 1.17. The summed E-state index contributed by atoms with van der Waals surface area (Å²) in [5.41, 5.74) is 0. The van der Waals surface area contributed by atoms with Gasteiger partial charge in [-0.3, -0.25) is 0 Å². The standard InChI is InChI=1S/C3H9NO4S/c5-3-1-2-4-9(6,7)8/h4-5H,1-3H2,(H,6,7,8)/p-1. The van der Waals surface area contributed by atoms with Crippen molar-refractivity contribution < 1.29 is 18.1 Å². The molecule has 6 heteroatoms. The van der Waals surface area contributed by atoms with Crippen LogP contribution in [0, 0.1) is 0 Å². The Bertz CT molecular complexity index is 151. The second kappa shape index (κ2) is 3.78. The highest BCUT2D eigenvalue weighted by Crippen LogP contribution is 1.75. The van der Waals surface area contributed by atoms with Crippen molar-refractivity contribution in [2.24, 2.45) is 0 Å². The van der Waals surface area contributed by atoms with Crippen molar-refractivity contribution in [1.82, 2.24) is 4.72 Å². The second-order valence-corrected chi connectivity index (χ2v) is 2.62. The first kappa shape index (κ1) is 8.83. The quantitative estimate of drug-likeness (QED) is 0.377. The normalized spacial score (nSPS) is 11.8. The third kappa shape index (κ3) is 7.83. The molecule has 0 aromatic heterocycles. The van der Waals surface area contributed by atoms with Crippen LogP contribution < -0.4 is 4.72 Å². The zero-order valence-electron chi connectivity index (χ0n) is 4.70. The molecular weight excluding hydrogens is 146 g/mol. The molecule has 56 valence electrons. The zero-order chi connectivity index (χ0) is 7.33. The van der Waals surface area contributed by atoms with Crippen LogP contribution in [0.25, 0.3) is 0 Å². The lowest BCUT2D eigenvalue weighted by molar-refractivity contribution is 0.288. The maximum absolute atomic E-state index is 9.76. The molecule has 0 rings (SSSR count). The molecule has 0 heterocycles. The molecule has 0 radical (unpaired) electrons. The minimum absolute atomic E-state index is 0.00231. The molecule has 0 aliphatic rings. The number of hydrogen-bond donors (Lipinski definition) is 2. The summed E-state index contributed by atoms with van der Waals surface area (Å²) in [5.74, 6) is 0. The van der Waals surface area contributed by atoms with E-state index < -0.39 is 10.3 Å². The molecule has 0 saturated carbocycles. The van der Waals surface area contributed by atoms with E-state index in [0.29, 0.717) is 0 Å². The molecule has 0 unspecified atom stereocenters. The Balaban J connectivity index is 3.30. The van der Waals surface area contributed by atoms with Crippen molar-refractivity contribution in [3.05, 3.63) is 0 Å². The van der Waals surface area contributed by atoms with E-state index >= 15 is 0 Å². The predicted octanol–water partition coefficient (Wildman–Crippen LogP) is -1.58. The molecule has 0 atom stereocenters. The smallest absolute Gasteiger partial charge is 0.159 e. The molecule has 0 fully saturated rings.